The highest BCUT2D eigenvalue weighted by Crippen LogP contribution is 2.29. The Morgan fingerprint density at radius 3 is 3.06 bits per heavy atom. The SMILES string of the molecule is CCC(C)NCC1Cc2cc(C)ccc2O1. The van der Waals surface area contributed by atoms with Gasteiger partial charge in [0.1, 0.15) is 11.9 Å². The summed E-state index contributed by atoms with van der Waals surface area (Å²) >= 11 is 0. The van der Waals surface area contributed by atoms with Crippen molar-refractivity contribution >= 4 is 0 Å². The molecule has 0 aliphatic carbocycles. The maximum absolute atomic E-state index is 5.89. The first-order valence-electron chi connectivity index (χ1n) is 6.18. The average Bonchev–Trinajstić information content (AvgIpc) is 2.67. The van der Waals surface area contributed by atoms with Gasteiger partial charge in [-0.05, 0) is 31.9 Å². The highest BCUT2D eigenvalue weighted by atomic mass is 16.5. The number of benzene rings is 1. The Balaban J connectivity index is 1.90. The first-order chi connectivity index (χ1) is 7.69. The van der Waals surface area contributed by atoms with Crippen molar-refractivity contribution in [2.75, 3.05) is 6.54 Å². The van der Waals surface area contributed by atoms with E-state index < -0.39 is 0 Å². The zero-order valence-corrected chi connectivity index (χ0v) is 10.4. The molecule has 2 nitrogen and oxygen atoms in total. The predicted octanol–water partition coefficient (Wildman–Crippen LogP) is 2.69. The predicted molar refractivity (Wildman–Crippen MR) is 67.1 cm³/mol. The van der Waals surface area contributed by atoms with Crippen molar-refractivity contribution in [3.05, 3.63) is 29.3 Å². The average molecular weight is 219 g/mol. The molecule has 88 valence electrons. The highest BCUT2D eigenvalue weighted by molar-refractivity contribution is 5.40. The molecule has 0 radical (unpaired) electrons. The van der Waals surface area contributed by atoms with E-state index in [0.717, 1.165) is 18.7 Å². The van der Waals surface area contributed by atoms with Crippen LogP contribution < -0.4 is 10.1 Å². The fourth-order valence-electron chi connectivity index (χ4n) is 2.04. The van der Waals surface area contributed by atoms with E-state index >= 15 is 0 Å². The van der Waals surface area contributed by atoms with Crippen LogP contribution in [0.5, 0.6) is 5.75 Å². The zero-order valence-electron chi connectivity index (χ0n) is 10.4. The summed E-state index contributed by atoms with van der Waals surface area (Å²) in [5.74, 6) is 1.07. The van der Waals surface area contributed by atoms with Crippen molar-refractivity contribution in [1.82, 2.24) is 5.32 Å². The summed E-state index contributed by atoms with van der Waals surface area (Å²) in [4.78, 5) is 0. The molecule has 1 aliphatic rings. The van der Waals surface area contributed by atoms with Crippen molar-refractivity contribution < 1.29 is 4.74 Å². The van der Waals surface area contributed by atoms with E-state index in [1.54, 1.807) is 0 Å². The number of hydrogen-bond donors (Lipinski definition) is 1. The Bertz CT molecular complexity index is 362. The van der Waals surface area contributed by atoms with Gasteiger partial charge in [0.15, 0.2) is 0 Å². The van der Waals surface area contributed by atoms with Crippen LogP contribution >= 0.6 is 0 Å². The molecule has 1 aromatic carbocycles. The lowest BCUT2D eigenvalue weighted by molar-refractivity contribution is 0.222. The number of hydrogen-bond acceptors (Lipinski definition) is 2. The number of rotatable bonds is 4. The summed E-state index contributed by atoms with van der Waals surface area (Å²) in [5.41, 5.74) is 2.67. The minimum absolute atomic E-state index is 0.311. The molecule has 1 aliphatic heterocycles. The van der Waals surface area contributed by atoms with Crippen LogP contribution in [0, 0.1) is 6.92 Å². The second-order valence-corrected chi connectivity index (χ2v) is 4.77. The van der Waals surface area contributed by atoms with Gasteiger partial charge in [-0.15, -0.1) is 0 Å². The minimum Gasteiger partial charge on any atom is -0.488 e. The lowest BCUT2D eigenvalue weighted by atomic mass is 10.1. The second kappa shape index (κ2) is 4.88. The summed E-state index contributed by atoms with van der Waals surface area (Å²) in [6.07, 6.45) is 2.52. The smallest absolute Gasteiger partial charge is 0.123 e. The van der Waals surface area contributed by atoms with Crippen molar-refractivity contribution in [2.45, 2.75) is 45.8 Å². The Morgan fingerprint density at radius 2 is 2.31 bits per heavy atom. The number of nitrogens with one attached hydrogen (secondary N) is 1. The van der Waals surface area contributed by atoms with Gasteiger partial charge in [-0.2, -0.15) is 0 Å². The summed E-state index contributed by atoms with van der Waals surface area (Å²) in [6, 6.07) is 7.02. The fraction of sp³-hybridized carbons (Fsp3) is 0.571. The summed E-state index contributed by atoms with van der Waals surface area (Å²) < 4.78 is 5.89. The van der Waals surface area contributed by atoms with E-state index in [1.807, 2.05) is 0 Å². The van der Waals surface area contributed by atoms with Crippen LogP contribution in [0.4, 0.5) is 0 Å². The maximum Gasteiger partial charge on any atom is 0.123 e. The van der Waals surface area contributed by atoms with Crippen molar-refractivity contribution in [3.63, 3.8) is 0 Å². The molecule has 2 rings (SSSR count). The van der Waals surface area contributed by atoms with Crippen molar-refractivity contribution in [2.24, 2.45) is 0 Å². The molecular weight excluding hydrogens is 198 g/mol. The topological polar surface area (TPSA) is 21.3 Å². The monoisotopic (exact) mass is 219 g/mol. The maximum atomic E-state index is 5.89. The number of aryl methyl sites for hydroxylation is 1. The van der Waals surface area contributed by atoms with Crippen LogP contribution in [-0.2, 0) is 6.42 Å². The first-order valence-corrected chi connectivity index (χ1v) is 6.18. The Morgan fingerprint density at radius 1 is 1.50 bits per heavy atom. The van der Waals surface area contributed by atoms with E-state index in [1.165, 1.54) is 17.5 Å². The van der Waals surface area contributed by atoms with Gasteiger partial charge in [0, 0.05) is 19.0 Å². The molecule has 2 unspecified atom stereocenters. The van der Waals surface area contributed by atoms with Crippen molar-refractivity contribution in [1.29, 1.82) is 0 Å². The third-order valence-corrected chi connectivity index (χ3v) is 3.26. The normalized spacial score (nSPS) is 20.3. The molecule has 0 amide bonds. The van der Waals surface area contributed by atoms with Crippen LogP contribution in [0.25, 0.3) is 0 Å². The van der Waals surface area contributed by atoms with Crippen molar-refractivity contribution in [3.8, 4) is 5.75 Å². The van der Waals surface area contributed by atoms with Gasteiger partial charge < -0.3 is 10.1 Å². The molecule has 1 N–H and O–H groups in total. The molecule has 0 aromatic heterocycles. The lowest BCUT2D eigenvalue weighted by Gasteiger charge is -2.15. The largest absolute Gasteiger partial charge is 0.488 e. The quantitative estimate of drug-likeness (QED) is 0.840. The molecule has 2 atom stereocenters. The molecule has 0 saturated heterocycles. The molecular formula is C14H21NO. The Hall–Kier alpha value is -1.02. The highest BCUT2D eigenvalue weighted by Gasteiger charge is 2.22. The van der Waals surface area contributed by atoms with Gasteiger partial charge in [0.2, 0.25) is 0 Å². The minimum atomic E-state index is 0.311. The molecule has 0 saturated carbocycles. The van der Waals surface area contributed by atoms with E-state index in [9.17, 15) is 0 Å². The van der Waals surface area contributed by atoms with Crippen LogP contribution in [0.15, 0.2) is 18.2 Å². The molecule has 1 heterocycles. The van der Waals surface area contributed by atoms with Gasteiger partial charge in [-0.3, -0.25) is 0 Å². The summed E-state index contributed by atoms with van der Waals surface area (Å²) in [7, 11) is 0. The number of fused-ring (bicyclic) bond motifs is 1. The number of ether oxygens (including phenoxy) is 1. The van der Waals surface area contributed by atoms with Gasteiger partial charge in [-0.1, -0.05) is 24.6 Å². The van der Waals surface area contributed by atoms with Crippen LogP contribution in [0.3, 0.4) is 0 Å². The second-order valence-electron chi connectivity index (χ2n) is 4.77. The molecule has 2 heteroatoms. The Labute approximate surface area is 98.0 Å². The Kier molecular flexibility index (Phi) is 3.49. The van der Waals surface area contributed by atoms with Gasteiger partial charge in [-0.25, -0.2) is 0 Å². The van der Waals surface area contributed by atoms with E-state index in [2.05, 4.69) is 44.3 Å². The van der Waals surface area contributed by atoms with E-state index in [-0.39, 0.29) is 0 Å². The van der Waals surface area contributed by atoms with Crippen LogP contribution in [0.1, 0.15) is 31.4 Å². The third-order valence-electron chi connectivity index (χ3n) is 3.26. The molecule has 0 spiro atoms. The zero-order chi connectivity index (χ0) is 11.5. The van der Waals surface area contributed by atoms with Gasteiger partial charge in [0.05, 0.1) is 0 Å². The third kappa shape index (κ3) is 2.56. The lowest BCUT2D eigenvalue weighted by Crippen LogP contribution is -2.35. The van der Waals surface area contributed by atoms with E-state index in [0.29, 0.717) is 12.1 Å². The summed E-state index contributed by atoms with van der Waals surface area (Å²) in [6.45, 7) is 7.49. The van der Waals surface area contributed by atoms with Gasteiger partial charge in [0.25, 0.3) is 0 Å². The van der Waals surface area contributed by atoms with Crippen LogP contribution in [0.2, 0.25) is 0 Å². The first kappa shape index (κ1) is 11.5. The van der Waals surface area contributed by atoms with Crippen LogP contribution in [-0.4, -0.2) is 18.7 Å². The molecule has 0 fully saturated rings. The van der Waals surface area contributed by atoms with E-state index in [4.69, 9.17) is 4.74 Å². The van der Waals surface area contributed by atoms with Gasteiger partial charge >= 0.3 is 0 Å². The fourth-order valence-corrected chi connectivity index (χ4v) is 2.04. The molecule has 0 bridgehead atoms. The molecule has 16 heavy (non-hydrogen) atoms. The standard InChI is InChI=1S/C14H21NO/c1-4-11(3)15-9-13-8-12-7-10(2)5-6-14(12)16-13/h5-7,11,13,15H,4,8-9H2,1-3H3. The molecule has 1 aromatic rings. The summed E-state index contributed by atoms with van der Waals surface area (Å²) in [5, 5.41) is 3.50.